The minimum atomic E-state index is 0.130. The molecule has 4 heteroatoms. The maximum atomic E-state index is 11.5. The van der Waals surface area contributed by atoms with Gasteiger partial charge in [-0.05, 0) is 12.8 Å². The van der Waals surface area contributed by atoms with Gasteiger partial charge in [0.15, 0.2) is 0 Å². The molecule has 2 rings (SSSR count). The van der Waals surface area contributed by atoms with Crippen molar-refractivity contribution >= 4 is 5.91 Å². The Morgan fingerprint density at radius 2 is 1.93 bits per heavy atom. The zero-order valence-electron chi connectivity index (χ0n) is 9.45. The van der Waals surface area contributed by atoms with E-state index in [0.717, 1.165) is 32.2 Å². The summed E-state index contributed by atoms with van der Waals surface area (Å²) in [6.07, 6.45) is 4.09. The van der Waals surface area contributed by atoms with Crippen LogP contribution in [-0.4, -0.2) is 61.6 Å². The van der Waals surface area contributed by atoms with Gasteiger partial charge in [0, 0.05) is 39.3 Å². The quantitative estimate of drug-likeness (QED) is 0.676. The standard InChI is InChI=1S/C11H20N2O2/c1-15-9-11(14)13-7-5-12(6-8-13)10-3-2-4-10/h10H,2-9H2,1H3. The molecule has 86 valence electrons. The molecule has 1 aliphatic heterocycles. The molecule has 0 aromatic heterocycles. The third-order valence-corrected chi connectivity index (χ3v) is 3.53. The topological polar surface area (TPSA) is 32.8 Å². The van der Waals surface area contributed by atoms with Crippen LogP contribution in [0.4, 0.5) is 0 Å². The molecule has 2 aliphatic rings. The number of hydrogen-bond acceptors (Lipinski definition) is 3. The average molecular weight is 212 g/mol. The van der Waals surface area contributed by atoms with E-state index in [1.165, 1.54) is 19.3 Å². The first-order valence-corrected chi connectivity index (χ1v) is 5.82. The molecule has 1 saturated heterocycles. The van der Waals surface area contributed by atoms with Crippen molar-refractivity contribution in [2.45, 2.75) is 25.3 Å². The van der Waals surface area contributed by atoms with Crippen LogP contribution in [-0.2, 0) is 9.53 Å². The third-order valence-electron chi connectivity index (χ3n) is 3.53. The van der Waals surface area contributed by atoms with Crippen LogP contribution in [0.5, 0.6) is 0 Å². The molecule has 0 N–H and O–H groups in total. The van der Waals surface area contributed by atoms with Crippen LogP contribution in [0.2, 0.25) is 0 Å². The minimum absolute atomic E-state index is 0.130. The lowest BCUT2D eigenvalue weighted by atomic mass is 9.91. The van der Waals surface area contributed by atoms with Crippen molar-refractivity contribution in [3.05, 3.63) is 0 Å². The molecule has 4 nitrogen and oxygen atoms in total. The van der Waals surface area contributed by atoms with Crippen molar-refractivity contribution in [3.8, 4) is 0 Å². The molecule has 0 unspecified atom stereocenters. The van der Waals surface area contributed by atoms with E-state index >= 15 is 0 Å². The number of ether oxygens (including phenoxy) is 1. The zero-order chi connectivity index (χ0) is 10.7. The highest BCUT2D eigenvalue weighted by Crippen LogP contribution is 2.25. The molecule has 1 amide bonds. The highest BCUT2D eigenvalue weighted by atomic mass is 16.5. The van der Waals surface area contributed by atoms with Gasteiger partial charge in [-0.2, -0.15) is 0 Å². The Morgan fingerprint density at radius 1 is 1.27 bits per heavy atom. The molecule has 0 bridgehead atoms. The van der Waals surface area contributed by atoms with E-state index in [-0.39, 0.29) is 12.5 Å². The third kappa shape index (κ3) is 2.49. The lowest BCUT2D eigenvalue weighted by molar-refractivity contribution is -0.137. The maximum absolute atomic E-state index is 11.5. The number of hydrogen-bond donors (Lipinski definition) is 0. The van der Waals surface area contributed by atoms with Crippen molar-refractivity contribution in [2.75, 3.05) is 39.9 Å². The monoisotopic (exact) mass is 212 g/mol. The smallest absolute Gasteiger partial charge is 0.248 e. The van der Waals surface area contributed by atoms with Crippen LogP contribution in [0.15, 0.2) is 0 Å². The fourth-order valence-electron chi connectivity index (χ4n) is 2.30. The van der Waals surface area contributed by atoms with E-state index in [9.17, 15) is 4.79 Å². The van der Waals surface area contributed by atoms with Crippen LogP contribution in [0.1, 0.15) is 19.3 Å². The van der Waals surface area contributed by atoms with Crippen LogP contribution >= 0.6 is 0 Å². The van der Waals surface area contributed by atoms with Gasteiger partial charge in [-0.15, -0.1) is 0 Å². The lowest BCUT2D eigenvalue weighted by Gasteiger charge is -2.42. The highest BCUT2D eigenvalue weighted by molar-refractivity contribution is 5.77. The van der Waals surface area contributed by atoms with Crippen LogP contribution in [0.3, 0.4) is 0 Å². The van der Waals surface area contributed by atoms with Crippen molar-refractivity contribution in [1.82, 2.24) is 9.80 Å². The van der Waals surface area contributed by atoms with Crippen molar-refractivity contribution < 1.29 is 9.53 Å². The SMILES string of the molecule is COCC(=O)N1CCN(C2CCC2)CC1. The van der Waals surface area contributed by atoms with Gasteiger partial charge in [0.1, 0.15) is 6.61 Å². The minimum Gasteiger partial charge on any atom is -0.375 e. The Labute approximate surface area is 91.2 Å². The Hall–Kier alpha value is -0.610. The molecule has 0 aromatic carbocycles. The van der Waals surface area contributed by atoms with Gasteiger partial charge in [0.05, 0.1) is 0 Å². The van der Waals surface area contributed by atoms with Gasteiger partial charge in [0.2, 0.25) is 5.91 Å². The van der Waals surface area contributed by atoms with Crippen molar-refractivity contribution in [1.29, 1.82) is 0 Å². The molecular weight excluding hydrogens is 192 g/mol. The lowest BCUT2D eigenvalue weighted by Crippen LogP contribution is -2.54. The fraction of sp³-hybridized carbons (Fsp3) is 0.909. The second kappa shape index (κ2) is 4.94. The summed E-state index contributed by atoms with van der Waals surface area (Å²) in [6.45, 7) is 4.06. The summed E-state index contributed by atoms with van der Waals surface area (Å²) in [4.78, 5) is 16.0. The fourth-order valence-corrected chi connectivity index (χ4v) is 2.30. The van der Waals surface area contributed by atoms with Gasteiger partial charge in [-0.1, -0.05) is 6.42 Å². The second-order valence-electron chi connectivity index (χ2n) is 4.43. The molecule has 0 aromatic rings. The van der Waals surface area contributed by atoms with Gasteiger partial charge in [-0.25, -0.2) is 0 Å². The van der Waals surface area contributed by atoms with Crippen LogP contribution in [0.25, 0.3) is 0 Å². The molecular formula is C11H20N2O2. The summed E-state index contributed by atoms with van der Waals surface area (Å²) in [5, 5.41) is 0. The van der Waals surface area contributed by atoms with E-state index in [0.29, 0.717) is 0 Å². The molecule has 2 fully saturated rings. The first-order chi connectivity index (χ1) is 7.31. The number of rotatable bonds is 3. The summed E-state index contributed by atoms with van der Waals surface area (Å²) in [5.41, 5.74) is 0. The summed E-state index contributed by atoms with van der Waals surface area (Å²) in [7, 11) is 1.57. The Kier molecular flexibility index (Phi) is 3.59. The number of piperazine rings is 1. The molecule has 0 radical (unpaired) electrons. The maximum Gasteiger partial charge on any atom is 0.248 e. The van der Waals surface area contributed by atoms with E-state index in [1.54, 1.807) is 7.11 Å². The second-order valence-corrected chi connectivity index (χ2v) is 4.43. The normalized spacial score (nSPS) is 23.9. The van der Waals surface area contributed by atoms with Gasteiger partial charge in [0.25, 0.3) is 0 Å². The Bertz CT molecular complexity index is 221. The van der Waals surface area contributed by atoms with Crippen molar-refractivity contribution in [2.24, 2.45) is 0 Å². The summed E-state index contributed by atoms with van der Waals surface area (Å²) < 4.78 is 4.86. The van der Waals surface area contributed by atoms with E-state index in [2.05, 4.69) is 4.90 Å². The first-order valence-electron chi connectivity index (χ1n) is 5.82. The van der Waals surface area contributed by atoms with Gasteiger partial charge < -0.3 is 9.64 Å². The molecule has 1 aliphatic carbocycles. The summed E-state index contributed by atoms with van der Waals surface area (Å²) >= 11 is 0. The van der Waals surface area contributed by atoms with E-state index < -0.39 is 0 Å². The first kappa shape index (κ1) is 10.9. The van der Waals surface area contributed by atoms with Gasteiger partial charge in [-0.3, -0.25) is 9.69 Å². The molecule has 1 heterocycles. The van der Waals surface area contributed by atoms with E-state index in [4.69, 9.17) is 4.74 Å². The number of carbonyl (C=O) groups excluding carboxylic acids is 1. The summed E-state index contributed by atoms with van der Waals surface area (Å²) in [6, 6.07) is 0.810. The molecule has 0 atom stereocenters. The van der Waals surface area contributed by atoms with Crippen LogP contribution in [0, 0.1) is 0 Å². The zero-order valence-corrected chi connectivity index (χ0v) is 9.45. The Morgan fingerprint density at radius 3 is 2.40 bits per heavy atom. The number of nitrogens with zero attached hydrogens (tertiary/aromatic N) is 2. The molecule has 0 spiro atoms. The Balaban J connectivity index is 1.73. The average Bonchev–Trinajstić information content (AvgIpc) is 2.16. The predicted molar refractivity (Wildman–Crippen MR) is 57.7 cm³/mol. The molecule has 1 saturated carbocycles. The largest absolute Gasteiger partial charge is 0.375 e. The van der Waals surface area contributed by atoms with Crippen molar-refractivity contribution in [3.63, 3.8) is 0 Å². The van der Waals surface area contributed by atoms with E-state index in [1.807, 2.05) is 4.90 Å². The van der Waals surface area contributed by atoms with Crippen LogP contribution < -0.4 is 0 Å². The van der Waals surface area contributed by atoms with Gasteiger partial charge >= 0.3 is 0 Å². The number of methoxy groups -OCH3 is 1. The highest BCUT2D eigenvalue weighted by Gasteiger charge is 2.28. The predicted octanol–water partition coefficient (Wildman–Crippen LogP) is 0.329. The molecule has 15 heavy (non-hydrogen) atoms. The summed E-state index contributed by atoms with van der Waals surface area (Å²) in [5.74, 6) is 0.130. The number of amides is 1. The number of carbonyl (C=O) groups is 1.